The first-order valence-electron chi connectivity index (χ1n) is 6.44. The lowest BCUT2D eigenvalue weighted by Gasteiger charge is -2.18. The molecule has 0 aliphatic rings. The Kier molecular flexibility index (Phi) is 6.49. The van der Waals surface area contributed by atoms with Gasteiger partial charge in [-0.25, -0.2) is 4.39 Å². The zero-order valence-corrected chi connectivity index (χ0v) is 11.6. The highest BCUT2D eigenvalue weighted by molar-refractivity contribution is 5.83. The molecule has 1 aromatic rings. The second-order valence-corrected chi connectivity index (χ2v) is 4.32. The number of rotatable bonds is 7. The molecule has 0 saturated heterocycles. The third kappa shape index (κ3) is 6.17. The van der Waals surface area contributed by atoms with Crippen molar-refractivity contribution in [1.82, 2.24) is 10.6 Å². The van der Waals surface area contributed by atoms with Crippen molar-refractivity contribution in [3.8, 4) is 5.75 Å². The Labute approximate surface area is 117 Å². The predicted octanol–water partition coefficient (Wildman–Crippen LogP) is 1.24. The van der Waals surface area contributed by atoms with E-state index in [0.717, 1.165) is 0 Å². The topological polar surface area (TPSA) is 67.4 Å². The molecule has 110 valence electrons. The molecule has 20 heavy (non-hydrogen) atoms. The van der Waals surface area contributed by atoms with E-state index in [9.17, 15) is 14.0 Å². The van der Waals surface area contributed by atoms with Crippen molar-refractivity contribution in [1.29, 1.82) is 0 Å². The number of nitrogens with one attached hydrogen (secondary N) is 2. The summed E-state index contributed by atoms with van der Waals surface area (Å²) in [5.41, 5.74) is 0. The Morgan fingerprint density at radius 2 is 2.10 bits per heavy atom. The van der Waals surface area contributed by atoms with Gasteiger partial charge in [0.05, 0.1) is 13.1 Å². The lowest BCUT2D eigenvalue weighted by Crippen LogP contribution is -2.40. The zero-order valence-electron chi connectivity index (χ0n) is 11.6. The van der Waals surface area contributed by atoms with E-state index in [0.29, 0.717) is 18.7 Å². The van der Waals surface area contributed by atoms with E-state index in [1.165, 1.54) is 19.1 Å². The van der Waals surface area contributed by atoms with E-state index in [2.05, 4.69) is 10.6 Å². The van der Waals surface area contributed by atoms with Crippen LogP contribution in [-0.4, -0.2) is 31.0 Å². The average Bonchev–Trinajstić information content (AvgIpc) is 2.41. The van der Waals surface area contributed by atoms with Crippen molar-refractivity contribution in [2.45, 2.75) is 26.4 Å². The van der Waals surface area contributed by atoms with Gasteiger partial charge < -0.3 is 15.4 Å². The van der Waals surface area contributed by atoms with Gasteiger partial charge in [-0.05, 0) is 18.6 Å². The van der Waals surface area contributed by atoms with Crippen LogP contribution in [0.25, 0.3) is 0 Å². The van der Waals surface area contributed by atoms with Crippen molar-refractivity contribution < 1.29 is 18.7 Å². The van der Waals surface area contributed by atoms with Crippen LogP contribution in [0.1, 0.15) is 20.3 Å². The highest BCUT2D eigenvalue weighted by atomic mass is 19.1. The fourth-order valence-electron chi connectivity index (χ4n) is 1.50. The summed E-state index contributed by atoms with van der Waals surface area (Å²) >= 11 is 0. The molecule has 2 N–H and O–H groups in total. The van der Waals surface area contributed by atoms with E-state index in [1.54, 1.807) is 12.1 Å². The van der Waals surface area contributed by atoms with Gasteiger partial charge in [0.2, 0.25) is 11.8 Å². The normalized spacial score (nSPS) is 11.6. The quantitative estimate of drug-likeness (QED) is 0.790. The molecule has 2 amide bonds. The number of carbonyl (C=O) groups excluding carboxylic acids is 2. The summed E-state index contributed by atoms with van der Waals surface area (Å²) in [7, 11) is 0. The van der Waals surface area contributed by atoms with Gasteiger partial charge in [-0.15, -0.1) is 0 Å². The van der Waals surface area contributed by atoms with Crippen LogP contribution in [0.4, 0.5) is 4.39 Å². The molecule has 1 atom stereocenters. The summed E-state index contributed by atoms with van der Waals surface area (Å²) in [5.74, 6) is -0.496. The predicted molar refractivity (Wildman–Crippen MR) is 72.8 cm³/mol. The molecule has 0 unspecified atom stereocenters. The van der Waals surface area contributed by atoms with E-state index in [-0.39, 0.29) is 30.3 Å². The maximum absolute atomic E-state index is 13.0. The van der Waals surface area contributed by atoms with Gasteiger partial charge in [-0.1, -0.05) is 13.0 Å². The molecule has 1 rings (SSSR count). The summed E-state index contributed by atoms with van der Waals surface area (Å²) in [6.45, 7) is 3.48. The second kappa shape index (κ2) is 8.14. The van der Waals surface area contributed by atoms with Gasteiger partial charge >= 0.3 is 0 Å². The summed E-state index contributed by atoms with van der Waals surface area (Å²) in [6, 6.07) is 5.85. The molecule has 0 heterocycles. The van der Waals surface area contributed by atoms with Crippen LogP contribution in [0.2, 0.25) is 0 Å². The van der Waals surface area contributed by atoms with Gasteiger partial charge in [-0.2, -0.15) is 0 Å². The minimum absolute atomic E-state index is 0.0638. The summed E-state index contributed by atoms with van der Waals surface area (Å²) in [6.07, 6.45) is 0.412. The first kappa shape index (κ1) is 15.9. The van der Waals surface area contributed by atoms with E-state index >= 15 is 0 Å². The number of amides is 2. The molecule has 0 bridgehead atoms. The molecule has 0 aliphatic carbocycles. The van der Waals surface area contributed by atoms with Gasteiger partial charge in [0.1, 0.15) is 17.7 Å². The largest absolute Gasteiger partial charge is 0.489 e. The van der Waals surface area contributed by atoms with E-state index in [1.807, 2.05) is 6.92 Å². The Bertz CT molecular complexity index is 465. The third-order valence-corrected chi connectivity index (χ3v) is 2.58. The van der Waals surface area contributed by atoms with Crippen molar-refractivity contribution in [3.05, 3.63) is 30.1 Å². The lowest BCUT2D eigenvalue weighted by molar-refractivity contribution is -0.125. The number of hydrogen-bond acceptors (Lipinski definition) is 3. The lowest BCUT2D eigenvalue weighted by atomic mass is 10.2. The van der Waals surface area contributed by atoms with Gasteiger partial charge in [0.15, 0.2) is 0 Å². The number of hydrogen-bond donors (Lipinski definition) is 2. The third-order valence-electron chi connectivity index (χ3n) is 2.58. The minimum Gasteiger partial charge on any atom is -0.489 e. The molecule has 0 aromatic heterocycles. The SMILES string of the molecule is CC[C@@H](CNC(=O)CNC(C)=O)Oc1cccc(F)c1. The number of halogens is 1. The van der Waals surface area contributed by atoms with Crippen molar-refractivity contribution in [2.75, 3.05) is 13.1 Å². The molecule has 6 heteroatoms. The molecular weight excluding hydrogens is 263 g/mol. The molecule has 0 spiro atoms. The van der Waals surface area contributed by atoms with E-state index in [4.69, 9.17) is 4.74 Å². The van der Waals surface area contributed by atoms with Crippen molar-refractivity contribution in [3.63, 3.8) is 0 Å². The Hall–Kier alpha value is -2.11. The highest BCUT2D eigenvalue weighted by Crippen LogP contribution is 2.14. The van der Waals surface area contributed by atoms with Gasteiger partial charge in [0.25, 0.3) is 0 Å². The van der Waals surface area contributed by atoms with Crippen LogP contribution in [-0.2, 0) is 9.59 Å². The summed E-state index contributed by atoms with van der Waals surface area (Å²) in [4.78, 5) is 22.1. The Morgan fingerprint density at radius 1 is 1.35 bits per heavy atom. The first-order chi connectivity index (χ1) is 9.51. The number of carbonyl (C=O) groups is 2. The Morgan fingerprint density at radius 3 is 2.70 bits per heavy atom. The van der Waals surface area contributed by atoms with Crippen LogP contribution in [0.15, 0.2) is 24.3 Å². The smallest absolute Gasteiger partial charge is 0.239 e. The monoisotopic (exact) mass is 282 g/mol. The molecule has 0 radical (unpaired) electrons. The van der Waals surface area contributed by atoms with Crippen LogP contribution in [0, 0.1) is 5.82 Å². The number of benzene rings is 1. The molecular formula is C14H19FN2O3. The second-order valence-electron chi connectivity index (χ2n) is 4.32. The van der Waals surface area contributed by atoms with Crippen molar-refractivity contribution in [2.24, 2.45) is 0 Å². The maximum atomic E-state index is 13.0. The summed E-state index contributed by atoms with van der Waals surface area (Å²) < 4.78 is 18.6. The van der Waals surface area contributed by atoms with Crippen molar-refractivity contribution >= 4 is 11.8 Å². The number of ether oxygens (including phenoxy) is 1. The first-order valence-corrected chi connectivity index (χ1v) is 6.44. The van der Waals surface area contributed by atoms with Crippen LogP contribution < -0.4 is 15.4 Å². The average molecular weight is 282 g/mol. The molecule has 0 fully saturated rings. The van der Waals surface area contributed by atoms with Crippen LogP contribution in [0.3, 0.4) is 0 Å². The molecule has 0 aliphatic heterocycles. The molecule has 0 saturated carbocycles. The molecule has 1 aromatic carbocycles. The summed E-state index contributed by atoms with van der Waals surface area (Å²) in [5, 5.41) is 5.05. The fourth-order valence-corrected chi connectivity index (χ4v) is 1.50. The van der Waals surface area contributed by atoms with E-state index < -0.39 is 0 Å². The Balaban J connectivity index is 2.39. The molecule has 5 nitrogen and oxygen atoms in total. The standard InChI is InChI=1S/C14H19FN2O3/c1-3-12(8-17-14(19)9-16-10(2)18)20-13-6-4-5-11(15)7-13/h4-7,12H,3,8-9H2,1-2H3,(H,16,18)(H,17,19)/t12-/m0/s1. The highest BCUT2D eigenvalue weighted by Gasteiger charge is 2.10. The van der Waals surface area contributed by atoms with Gasteiger partial charge in [0, 0.05) is 13.0 Å². The zero-order chi connectivity index (χ0) is 15.0. The van der Waals surface area contributed by atoms with Crippen LogP contribution >= 0.6 is 0 Å². The fraction of sp³-hybridized carbons (Fsp3) is 0.429. The minimum atomic E-state index is -0.368. The van der Waals surface area contributed by atoms with Crippen LogP contribution in [0.5, 0.6) is 5.75 Å². The van der Waals surface area contributed by atoms with Gasteiger partial charge in [-0.3, -0.25) is 9.59 Å². The maximum Gasteiger partial charge on any atom is 0.239 e.